The topological polar surface area (TPSA) is 98.8 Å². The monoisotopic (exact) mass is 411 g/mol. The maximum atomic E-state index is 12.2. The SMILES string of the molecule is CCOc1ccccc1NC(=O)COC(=O)c1cc(S(C)(=O)=O)ccc1Cl. The molecule has 2 aromatic carbocycles. The highest BCUT2D eigenvalue weighted by molar-refractivity contribution is 7.90. The molecule has 1 N–H and O–H groups in total. The van der Waals surface area contributed by atoms with Crippen molar-refractivity contribution in [3.8, 4) is 5.75 Å². The van der Waals surface area contributed by atoms with E-state index in [1.165, 1.54) is 12.1 Å². The predicted molar refractivity (Wildman–Crippen MR) is 101 cm³/mol. The second-order valence-corrected chi connectivity index (χ2v) is 7.89. The van der Waals surface area contributed by atoms with Crippen LogP contribution in [0.1, 0.15) is 17.3 Å². The number of benzene rings is 2. The molecule has 0 saturated heterocycles. The Hall–Kier alpha value is -2.58. The van der Waals surface area contributed by atoms with Crippen LogP contribution in [0.15, 0.2) is 47.4 Å². The fourth-order valence-electron chi connectivity index (χ4n) is 2.14. The summed E-state index contributed by atoms with van der Waals surface area (Å²) in [6.07, 6.45) is 1.01. The third-order valence-corrected chi connectivity index (χ3v) is 4.82. The van der Waals surface area contributed by atoms with Crippen LogP contribution in [-0.2, 0) is 19.4 Å². The number of ether oxygens (including phenoxy) is 2. The summed E-state index contributed by atoms with van der Waals surface area (Å²) in [4.78, 5) is 24.1. The Morgan fingerprint density at radius 1 is 1.15 bits per heavy atom. The highest BCUT2D eigenvalue weighted by Gasteiger charge is 2.18. The Morgan fingerprint density at radius 3 is 2.52 bits per heavy atom. The number of hydrogen-bond acceptors (Lipinski definition) is 6. The molecule has 0 fully saturated rings. The van der Waals surface area contributed by atoms with Gasteiger partial charge in [-0.25, -0.2) is 13.2 Å². The summed E-state index contributed by atoms with van der Waals surface area (Å²) in [6.45, 7) is 1.67. The van der Waals surface area contributed by atoms with Crippen molar-refractivity contribution in [1.29, 1.82) is 0 Å². The summed E-state index contributed by atoms with van der Waals surface area (Å²) in [6, 6.07) is 10.5. The molecular weight excluding hydrogens is 394 g/mol. The van der Waals surface area contributed by atoms with Gasteiger partial charge in [0.2, 0.25) is 0 Å². The van der Waals surface area contributed by atoms with E-state index in [0.29, 0.717) is 18.0 Å². The molecule has 0 atom stereocenters. The van der Waals surface area contributed by atoms with E-state index in [1.54, 1.807) is 24.3 Å². The third-order valence-electron chi connectivity index (χ3n) is 3.38. The van der Waals surface area contributed by atoms with Crippen molar-refractivity contribution in [2.75, 3.05) is 24.8 Å². The first-order valence-corrected chi connectivity index (χ1v) is 10.2. The zero-order valence-electron chi connectivity index (χ0n) is 14.7. The maximum Gasteiger partial charge on any atom is 0.340 e. The number of sulfone groups is 1. The second-order valence-electron chi connectivity index (χ2n) is 5.47. The lowest BCUT2D eigenvalue weighted by atomic mass is 10.2. The summed E-state index contributed by atoms with van der Waals surface area (Å²) < 4.78 is 33.5. The minimum absolute atomic E-state index is 0.0227. The first kappa shape index (κ1) is 20.7. The van der Waals surface area contributed by atoms with E-state index >= 15 is 0 Å². The number of halogens is 1. The molecule has 0 heterocycles. The lowest BCUT2D eigenvalue weighted by Crippen LogP contribution is -2.21. The van der Waals surface area contributed by atoms with Gasteiger partial charge < -0.3 is 14.8 Å². The van der Waals surface area contributed by atoms with Crippen LogP contribution in [0.5, 0.6) is 5.75 Å². The zero-order chi connectivity index (χ0) is 20.0. The molecule has 2 rings (SSSR count). The van der Waals surface area contributed by atoms with Crippen LogP contribution in [0.3, 0.4) is 0 Å². The number of rotatable bonds is 7. The molecule has 7 nitrogen and oxygen atoms in total. The molecule has 0 aliphatic rings. The Kier molecular flexibility index (Phi) is 6.81. The molecule has 144 valence electrons. The molecule has 0 saturated carbocycles. The average molecular weight is 412 g/mol. The molecular formula is C18H18ClNO6S. The molecule has 0 unspecified atom stereocenters. The van der Waals surface area contributed by atoms with Gasteiger partial charge in [-0.05, 0) is 37.3 Å². The predicted octanol–water partition coefficient (Wildman–Crippen LogP) is 2.94. The number of carbonyl (C=O) groups is 2. The highest BCUT2D eigenvalue weighted by Crippen LogP contribution is 2.24. The van der Waals surface area contributed by atoms with E-state index in [0.717, 1.165) is 12.3 Å². The van der Waals surface area contributed by atoms with Gasteiger partial charge >= 0.3 is 5.97 Å². The molecule has 0 aliphatic heterocycles. The van der Waals surface area contributed by atoms with E-state index in [4.69, 9.17) is 21.1 Å². The fourth-order valence-corrected chi connectivity index (χ4v) is 2.98. The number of esters is 1. The van der Waals surface area contributed by atoms with Crippen molar-refractivity contribution in [3.05, 3.63) is 53.1 Å². The fraction of sp³-hybridized carbons (Fsp3) is 0.222. The van der Waals surface area contributed by atoms with Crippen molar-refractivity contribution in [2.24, 2.45) is 0 Å². The quantitative estimate of drug-likeness (QED) is 0.703. The largest absolute Gasteiger partial charge is 0.492 e. The first-order valence-electron chi connectivity index (χ1n) is 7.90. The van der Waals surface area contributed by atoms with Gasteiger partial charge in [0.25, 0.3) is 5.91 Å². The molecule has 2 aromatic rings. The molecule has 0 aromatic heterocycles. The Bertz CT molecular complexity index is 958. The van der Waals surface area contributed by atoms with Crippen LogP contribution in [0, 0.1) is 0 Å². The number of amides is 1. The van der Waals surface area contributed by atoms with Crippen LogP contribution in [0.2, 0.25) is 5.02 Å². The van der Waals surface area contributed by atoms with Crippen molar-refractivity contribution >= 4 is 39.0 Å². The number of anilines is 1. The van der Waals surface area contributed by atoms with Gasteiger partial charge in [-0.2, -0.15) is 0 Å². The average Bonchev–Trinajstić information content (AvgIpc) is 2.61. The van der Waals surface area contributed by atoms with Crippen LogP contribution in [-0.4, -0.2) is 39.8 Å². The maximum absolute atomic E-state index is 12.2. The lowest BCUT2D eigenvalue weighted by molar-refractivity contribution is -0.119. The molecule has 9 heteroatoms. The molecule has 27 heavy (non-hydrogen) atoms. The summed E-state index contributed by atoms with van der Waals surface area (Å²) in [5.74, 6) is -0.992. The van der Waals surface area contributed by atoms with Crippen LogP contribution < -0.4 is 10.1 Å². The van der Waals surface area contributed by atoms with Crippen LogP contribution >= 0.6 is 11.6 Å². The number of nitrogens with one attached hydrogen (secondary N) is 1. The molecule has 0 aliphatic carbocycles. The van der Waals surface area contributed by atoms with Crippen LogP contribution in [0.4, 0.5) is 5.69 Å². The van der Waals surface area contributed by atoms with Gasteiger partial charge in [0.1, 0.15) is 5.75 Å². The minimum Gasteiger partial charge on any atom is -0.492 e. The summed E-state index contributed by atoms with van der Waals surface area (Å²) in [7, 11) is -3.52. The van der Waals surface area contributed by atoms with E-state index in [2.05, 4.69) is 5.32 Å². The van der Waals surface area contributed by atoms with Gasteiger partial charge in [0, 0.05) is 6.26 Å². The minimum atomic E-state index is -3.52. The van der Waals surface area contributed by atoms with Crippen molar-refractivity contribution in [2.45, 2.75) is 11.8 Å². The lowest BCUT2D eigenvalue weighted by Gasteiger charge is -2.11. The summed E-state index contributed by atoms with van der Waals surface area (Å²) in [5.41, 5.74) is 0.305. The molecule has 1 amide bonds. The zero-order valence-corrected chi connectivity index (χ0v) is 16.3. The van der Waals surface area contributed by atoms with Gasteiger partial charge in [0.05, 0.1) is 27.8 Å². The molecule has 0 bridgehead atoms. The standard InChI is InChI=1S/C18H18ClNO6S/c1-3-25-16-7-5-4-6-15(16)20-17(21)11-26-18(22)13-10-12(27(2,23)24)8-9-14(13)19/h4-10H,3,11H2,1-2H3,(H,20,21). The van der Waals surface area contributed by atoms with Gasteiger partial charge in [0.15, 0.2) is 16.4 Å². The second kappa shape index (κ2) is 8.88. The Labute approximate surface area is 162 Å². The van der Waals surface area contributed by atoms with Crippen LogP contribution in [0.25, 0.3) is 0 Å². The summed E-state index contributed by atoms with van der Waals surface area (Å²) in [5, 5.41) is 2.61. The van der Waals surface area contributed by atoms with Crippen molar-refractivity contribution in [3.63, 3.8) is 0 Å². The molecule has 0 spiro atoms. The van der Waals surface area contributed by atoms with E-state index in [9.17, 15) is 18.0 Å². The third kappa shape index (κ3) is 5.70. The van der Waals surface area contributed by atoms with E-state index in [-0.39, 0.29) is 15.5 Å². The highest BCUT2D eigenvalue weighted by atomic mass is 35.5. The normalized spacial score (nSPS) is 10.9. The van der Waals surface area contributed by atoms with Crippen molar-refractivity contribution < 1.29 is 27.5 Å². The van der Waals surface area contributed by atoms with E-state index < -0.39 is 28.3 Å². The van der Waals surface area contributed by atoms with Gasteiger partial charge in [-0.3, -0.25) is 4.79 Å². The Morgan fingerprint density at radius 2 is 1.85 bits per heavy atom. The van der Waals surface area contributed by atoms with Crippen molar-refractivity contribution in [1.82, 2.24) is 0 Å². The van der Waals surface area contributed by atoms with E-state index in [1.807, 2.05) is 6.92 Å². The number of carbonyl (C=O) groups excluding carboxylic acids is 2. The number of para-hydroxylation sites is 2. The smallest absolute Gasteiger partial charge is 0.340 e. The number of hydrogen-bond donors (Lipinski definition) is 1. The molecule has 0 radical (unpaired) electrons. The Balaban J connectivity index is 2.05. The van der Waals surface area contributed by atoms with Gasteiger partial charge in [-0.15, -0.1) is 0 Å². The summed E-state index contributed by atoms with van der Waals surface area (Å²) >= 11 is 5.93. The van der Waals surface area contributed by atoms with Gasteiger partial charge in [-0.1, -0.05) is 23.7 Å². The first-order chi connectivity index (χ1) is 12.7.